The van der Waals surface area contributed by atoms with E-state index >= 15 is 0 Å². The van der Waals surface area contributed by atoms with Crippen molar-refractivity contribution in [3.05, 3.63) is 40.1 Å². The molecular weight excluding hydrogens is 320 g/mol. The van der Waals surface area contributed by atoms with Crippen LogP contribution in [0.4, 0.5) is 0 Å². The molecule has 0 radical (unpaired) electrons. The molecule has 0 aliphatic rings. The van der Waals surface area contributed by atoms with Crippen LogP contribution in [0.1, 0.15) is 11.1 Å². The van der Waals surface area contributed by atoms with Crippen molar-refractivity contribution >= 4 is 15.9 Å². The van der Waals surface area contributed by atoms with Crippen molar-refractivity contribution < 1.29 is 0 Å². The highest BCUT2D eigenvalue weighted by Crippen LogP contribution is 2.28. The SMILES string of the molecule is Cc1ccc(C)c(-n2ncc(-c3nnn(C)n3)c2Br)c1. The summed E-state index contributed by atoms with van der Waals surface area (Å²) < 4.78 is 2.66. The molecule has 3 rings (SSSR count). The fraction of sp³-hybridized carbons (Fsp3) is 0.231. The van der Waals surface area contributed by atoms with Gasteiger partial charge in [0, 0.05) is 0 Å². The van der Waals surface area contributed by atoms with Gasteiger partial charge in [0.15, 0.2) is 0 Å². The molecular formula is C13H13BrN6. The number of tetrazole rings is 1. The summed E-state index contributed by atoms with van der Waals surface area (Å²) in [6, 6.07) is 6.27. The van der Waals surface area contributed by atoms with Crippen LogP contribution in [0, 0.1) is 13.8 Å². The second kappa shape index (κ2) is 4.82. The first-order valence-electron chi connectivity index (χ1n) is 6.12. The number of aryl methyl sites for hydroxylation is 3. The third kappa shape index (κ3) is 2.14. The van der Waals surface area contributed by atoms with Crippen molar-refractivity contribution in [2.24, 2.45) is 7.05 Å². The molecule has 0 saturated carbocycles. The minimum absolute atomic E-state index is 0.552. The molecule has 0 spiro atoms. The van der Waals surface area contributed by atoms with E-state index in [1.165, 1.54) is 10.4 Å². The second-order valence-corrected chi connectivity index (χ2v) is 5.40. The van der Waals surface area contributed by atoms with Crippen molar-refractivity contribution in [1.82, 2.24) is 30.0 Å². The Morgan fingerprint density at radius 1 is 1.20 bits per heavy atom. The van der Waals surface area contributed by atoms with Gasteiger partial charge in [0.25, 0.3) is 0 Å². The molecule has 2 heterocycles. The van der Waals surface area contributed by atoms with Gasteiger partial charge in [-0.05, 0) is 52.2 Å². The molecule has 0 saturated heterocycles. The van der Waals surface area contributed by atoms with Gasteiger partial charge in [-0.2, -0.15) is 9.90 Å². The normalized spacial score (nSPS) is 11.0. The van der Waals surface area contributed by atoms with E-state index in [1.807, 2.05) is 4.68 Å². The number of benzene rings is 1. The number of nitrogens with zero attached hydrogens (tertiary/aromatic N) is 6. The Labute approximate surface area is 124 Å². The smallest absolute Gasteiger partial charge is 0.209 e. The molecule has 0 fully saturated rings. The van der Waals surface area contributed by atoms with Gasteiger partial charge in [0.2, 0.25) is 5.82 Å². The van der Waals surface area contributed by atoms with Crippen molar-refractivity contribution in [1.29, 1.82) is 0 Å². The summed E-state index contributed by atoms with van der Waals surface area (Å²) >= 11 is 3.58. The summed E-state index contributed by atoms with van der Waals surface area (Å²) in [5.74, 6) is 0.552. The fourth-order valence-electron chi connectivity index (χ4n) is 1.99. The van der Waals surface area contributed by atoms with Gasteiger partial charge in [-0.25, -0.2) is 4.68 Å². The third-order valence-corrected chi connectivity index (χ3v) is 3.82. The Morgan fingerprint density at radius 2 is 2.00 bits per heavy atom. The maximum atomic E-state index is 4.43. The zero-order valence-electron chi connectivity index (χ0n) is 11.4. The van der Waals surface area contributed by atoms with Crippen LogP contribution in [0.3, 0.4) is 0 Å². The number of aromatic nitrogens is 6. The van der Waals surface area contributed by atoms with Crippen LogP contribution in [-0.4, -0.2) is 30.0 Å². The first-order chi connectivity index (χ1) is 9.56. The molecule has 6 nitrogen and oxygen atoms in total. The topological polar surface area (TPSA) is 61.4 Å². The van der Waals surface area contributed by atoms with E-state index in [-0.39, 0.29) is 0 Å². The van der Waals surface area contributed by atoms with Crippen LogP contribution in [0.15, 0.2) is 29.0 Å². The highest BCUT2D eigenvalue weighted by atomic mass is 79.9. The summed E-state index contributed by atoms with van der Waals surface area (Å²) in [6.45, 7) is 4.12. The summed E-state index contributed by atoms with van der Waals surface area (Å²) in [4.78, 5) is 1.43. The first-order valence-corrected chi connectivity index (χ1v) is 6.91. The summed E-state index contributed by atoms with van der Waals surface area (Å²) in [6.07, 6.45) is 1.74. The number of halogens is 1. The second-order valence-electron chi connectivity index (χ2n) is 4.65. The van der Waals surface area contributed by atoms with Crippen LogP contribution in [0.2, 0.25) is 0 Å². The van der Waals surface area contributed by atoms with Crippen LogP contribution in [-0.2, 0) is 7.05 Å². The van der Waals surface area contributed by atoms with Gasteiger partial charge in [-0.15, -0.1) is 10.2 Å². The van der Waals surface area contributed by atoms with Crippen molar-refractivity contribution in [3.63, 3.8) is 0 Å². The Kier molecular flexibility index (Phi) is 3.13. The Morgan fingerprint density at radius 3 is 2.70 bits per heavy atom. The third-order valence-electron chi connectivity index (χ3n) is 3.05. The van der Waals surface area contributed by atoms with Crippen LogP contribution in [0.5, 0.6) is 0 Å². The van der Waals surface area contributed by atoms with E-state index in [2.05, 4.69) is 68.5 Å². The van der Waals surface area contributed by atoms with Crippen molar-refractivity contribution in [2.75, 3.05) is 0 Å². The molecule has 0 unspecified atom stereocenters. The molecule has 0 bridgehead atoms. The van der Waals surface area contributed by atoms with Crippen molar-refractivity contribution in [3.8, 4) is 17.1 Å². The Balaban J connectivity index is 2.13. The van der Waals surface area contributed by atoms with E-state index in [0.29, 0.717) is 5.82 Å². The minimum atomic E-state index is 0.552. The lowest BCUT2D eigenvalue weighted by molar-refractivity contribution is 0.630. The molecule has 102 valence electrons. The molecule has 0 amide bonds. The van der Waals surface area contributed by atoms with Crippen LogP contribution < -0.4 is 0 Å². The van der Waals surface area contributed by atoms with Crippen LogP contribution >= 0.6 is 15.9 Å². The van der Waals surface area contributed by atoms with Crippen LogP contribution in [0.25, 0.3) is 17.1 Å². The lowest BCUT2D eigenvalue weighted by Gasteiger charge is -2.08. The first kappa shape index (κ1) is 13.0. The van der Waals surface area contributed by atoms with Gasteiger partial charge < -0.3 is 0 Å². The summed E-state index contributed by atoms with van der Waals surface area (Å²) in [7, 11) is 1.74. The predicted octanol–water partition coefficient (Wildman–Crippen LogP) is 2.44. The molecule has 3 aromatic rings. The standard InChI is InChI=1S/C13H13BrN6/c1-8-4-5-9(2)11(6-8)20-12(14)10(7-15-20)13-16-18-19(3)17-13/h4-7H,1-3H3. The maximum Gasteiger partial charge on any atom is 0.209 e. The Bertz CT molecular complexity index is 773. The fourth-order valence-corrected chi connectivity index (χ4v) is 2.55. The van der Waals surface area contributed by atoms with Gasteiger partial charge in [-0.3, -0.25) is 0 Å². The summed E-state index contributed by atoms with van der Waals surface area (Å²) in [5, 5.41) is 16.5. The molecule has 0 N–H and O–H groups in total. The monoisotopic (exact) mass is 332 g/mol. The largest absolute Gasteiger partial charge is 0.226 e. The molecule has 20 heavy (non-hydrogen) atoms. The van der Waals surface area contributed by atoms with E-state index in [4.69, 9.17) is 0 Å². The molecule has 0 aliphatic heterocycles. The number of hydrogen-bond acceptors (Lipinski definition) is 4. The quantitative estimate of drug-likeness (QED) is 0.723. The Hall–Kier alpha value is -2.02. The molecule has 2 aromatic heterocycles. The molecule has 0 aliphatic carbocycles. The lowest BCUT2D eigenvalue weighted by atomic mass is 10.1. The van der Waals surface area contributed by atoms with E-state index < -0.39 is 0 Å². The molecule has 1 aromatic carbocycles. The van der Waals surface area contributed by atoms with Gasteiger partial charge in [-0.1, -0.05) is 12.1 Å². The average Bonchev–Trinajstić information content (AvgIpc) is 2.99. The highest BCUT2D eigenvalue weighted by Gasteiger charge is 2.16. The van der Waals surface area contributed by atoms with Crippen molar-refractivity contribution in [2.45, 2.75) is 13.8 Å². The van der Waals surface area contributed by atoms with E-state index in [1.54, 1.807) is 13.2 Å². The predicted molar refractivity (Wildman–Crippen MR) is 78.5 cm³/mol. The average molecular weight is 333 g/mol. The molecule has 7 heteroatoms. The van der Waals surface area contributed by atoms with E-state index in [9.17, 15) is 0 Å². The number of hydrogen-bond donors (Lipinski definition) is 0. The maximum absolute atomic E-state index is 4.43. The highest BCUT2D eigenvalue weighted by molar-refractivity contribution is 9.10. The van der Waals surface area contributed by atoms with Gasteiger partial charge in [0.1, 0.15) is 4.60 Å². The van der Waals surface area contributed by atoms with Gasteiger partial charge in [0.05, 0.1) is 24.5 Å². The summed E-state index contributed by atoms with van der Waals surface area (Å²) in [5.41, 5.74) is 4.19. The van der Waals surface area contributed by atoms with E-state index in [0.717, 1.165) is 21.4 Å². The van der Waals surface area contributed by atoms with Gasteiger partial charge >= 0.3 is 0 Å². The zero-order chi connectivity index (χ0) is 14.3. The number of rotatable bonds is 2. The zero-order valence-corrected chi connectivity index (χ0v) is 13.0. The minimum Gasteiger partial charge on any atom is -0.226 e. The lowest BCUT2D eigenvalue weighted by Crippen LogP contribution is -2.00. The molecule has 0 atom stereocenters.